The molecule has 3 nitrogen and oxygen atoms in total. The molecule has 0 spiro atoms. The zero-order chi connectivity index (χ0) is 9.26. The summed E-state index contributed by atoms with van der Waals surface area (Å²) in [4.78, 5) is 8.93. The van der Waals surface area contributed by atoms with Gasteiger partial charge in [-0.05, 0) is 32.9 Å². The molecule has 1 aliphatic rings. The van der Waals surface area contributed by atoms with Crippen LogP contribution in [0.3, 0.4) is 0 Å². The first-order chi connectivity index (χ1) is 6.25. The monoisotopic (exact) mass is 177 g/mol. The Balaban J connectivity index is 2.28. The Hall–Kier alpha value is -0.960. The number of hydrogen-bond acceptors (Lipinski definition) is 3. The minimum absolute atomic E-state index is 0.526. The van der Waals surface area contributed by atoms with Crippen molar-refractivity contribution in [3.05, 3.63) is 23.3 Å². The van der Waals surface area contributed by atoms with Crippen molar-refractivity contribution in [2.45, 2.75) is 26.2 Å². The molecule has 1 aromatic heterocycles. The van der Waals surface area contributed by atoms with Gasteiger partial charge in [0.1, 0.15) is 5.82 Å². The Labute approximate surface area is 78.6 Å². The van der Waals surface area contributed by atoms with Gasteiger partial charge >= 0.3 is 0 Å². The van der Waals surface area contributed by atoms with Gasteiger partial charge in [0.25, 0.3) is 0 Å². The Morgan fingerprint density at radius 1 is 1.31 bits per heavy atom. The number of nitrogens with zero attached hydrogens (tertiary/aromatic N) is 2. The van der Waals surface area contributed by atoms with E-state index in [-0.39, 0.29) is 0 Å². The molecular weight excluding hydrogens is 162 g/mol. The van der Waals surface area contributed by atoms with Crippen molar-refractivity contribution in [1.82, 2.24) is 15.3 Å². The van der Waals surface area contributed by atoms with Gasteiger partial charge in [-0.25, -0.2) is 9.97 Å². The molecule has 2 heterocycles. The van der Waals surface area contributed by atoms with E-state index in [1.165, 1.54) is 6.42 Å². The van der Waals surface area contributed by atoms with Gasteiger partial charge in [0.05, 0.1) is 0 Å². The van der Waals surface area contributed by atoms with Crippen molar-refractivity contribution in [1.29, 1.82) is 0 Å². The van der Waals surface area contributed by atoms with Crippen molar-refractivity contribution in [3.63, 3.8) is 0 Å². The summed E-state index contributed by atoms with van der Waals surface area (Å²) in [5.41, 5.74) is 2.16. The minimum Gasteiger partial charge on any atom is -0.316 e. The summed E-state index contributed by atoms with van der Waals surface area (Å²) in [5, 5.41) is 3.33. The fourth-order valence-electron chi connectivity index (χ4n) is 1.81. The lowest BCUT2D eigenvalue weighted by Gasteiger charge is -2.08. The molecule has 1 N–H and O–H groups in total. The molecule has 0 unspecified atom stereocenters. The predicted molar refractivity (Wildman–Crippen MR) is 51.7 cm³/mol. The molecule has 0 saturated carbocycles. The van der Waals surface area contributed by atoms with Crippen LogP contribution in [-0.2, 0) is 0 Å². The van der Waals surface area contributed by atoms with Gasteiger partial charge in [-0.3, -0.25) is 0 Å². The second-order valence-electron chi connectivity index (χ2n) is 3.70. The van der Waals surface area contributed by atoms with Crippen molar-refractivity contribution in [3.8, 4) is 0 Å². The highest BCUT2D eigenvalue weighted by atomic mass is 15.0. The van der Waals surface area contributed by atoms with Crippen LogP contribution in [0, 0.1) is 13.8 Å². The molecule has 3 heteroatoms. The molecule has 13 heavy (non-hydrogen) atoms. The first-order valence-corrected chi connectivity index (χ1v) is 4.78. The average Bonchev–Trinajstić information content (AvgIpc) is 2.53. The van der Waals surface area contributed by atoms with E-state index in [9.17, 15) is 0 Å². The number of nitrogens with one attached hydrogen (secondary N) is 1. The van der Waals surface area contributed by atoms with E-state index in [4.69, 9.17) is 0 Å². The van der Waals surface area contributed by atoms with Gasteiger partial charge in [0, 0.05) is 23.9 Å². The average molecular weight is 177 g/mol. The van der Waals surface area contributed by atoms with Gasteiger partial charge in [-0.2, -0.15) is 0 Å². The van der Waals surface area contributed by atoms with E-state index >= 15 is 0 Å². The molecule has 0 bridgehead atoms. The lowest BCUT2D eigenvalue weighted by molar-refractivity contribution is 0.692. The SMILES string of the molecule is Cc1cc(C)nc([C@@H]2CCNC2)n1. The highest BCUT2D eigenvalue weighted by Gasteiger charge is 2.19. The van der Waals surface area contributed by atoms with Crippen LogP contribution in [0.5, 0.6) is 0 Å². The number of rotatable bonds is 1. The lowest BCUT2D eigenvalue weighted by atomic mass is 10.1. The van der Waals surface area contributed by atoms with Crippen molar-refractivity contribution < 1.29 is 0 Å². The fourth-order valence-corrected chi connectivity index (χ4v) is 1.81. The van der Waals surface area contributed by atoms with E-state index in [0.717, 1.165) is 30.3 Å². The Morgan fingerprint density at radius 3 is 2.54 bits per heavy atom. The van der Waals surface area contributed by atoms with Gasteiger partial charge in [0.2, 0.25) is 0 Å². The molecule has 0 amide bonds. The Bertz CT molecular complexity index is 283. The third-order valence-electron chi connectivity index (χ3n) is 2.43. The smallest absolute Gasteiger partial charge is 0.133 e. The molecule has 0 aromatic carbocycles. The Morgan fingerprint density at radius 2 is 2.00 bits per heavy atom. The molecule has 2 rings (SSSR count). The number of aromatic nitrogens is 2. The summed E-state index contributed by atoms with van der Waals surface area (Å²) in [5.74, 6) is 1.54. The van der Waals surface area contributed by atoms with Gasteiger partial charge in [-0.15, -0.1) is 0 Å². The van der Waals surface area contributed by atoms with Crippen LogP contribution in [0.25, 0.3) is 0 Å². The second kappa shape index (κ2) is 3.42. The molecule has 1 atom stereocenters. The maximum Gasteiger partial charge on any atom is 0.133 e. The van der Waals surface area contributed by atoms with Crippen LogP contribution in [0.4, 0.5) is 0 Å². The molecule has 0 radical (unpaired) electrons. The number of aryl methyl sites for hydroxylation is 2. The fraction of sp³-hybridized carbons (Fsp3) is 0.600. The van der Waals surface area contributed by atoms with Crippen LogP contribution in [0.2, 0.25) is 0 Å². The summed E-state index contributed by atoms with van der Waals surface area (Å²) in [7, 11) is 0. The minimum atomic E-state index is 0.526. The number of hydrogen-bond donors (Lipinski definition) is 1. The molecular formula is C10H15N3. The summed E-state index contributed by atoms with van der Waals surface area (Å²) < 4.78 is 0. The maximum absolute atomic E-state index is 4.46. The van der Waals surface area contributed by atoms with Crippen molar-refractivity contribution >= 4 is 0 Å². The zero-order valence-electron chi connectivity index (χ0n) is 8.17. The van der Waals surface area contributed by atoms with Crippen molar-refractivity contribution in [2.75, 3.05) is 13.1 Å². The summed E-state index contributed by atoms with van der Waals surface area (Å²) in [6, 6.07) is 2.02. The summed E-state index contributed by atoms with van der Waals surface area (Å²) in [6.45, 7) is 6.19. The van der Waals surface area contributed by atoms with E-state index in [0.29, 0.717) is 5.92 Å². The molecule has 1 aromatic rings. The summed E-state index contributed by atoms with van der Waals surface area (Å²) >= 11 is 0. The largest absolute Gasteiger partial charge is 0.316 e. The van der Waals surface area contributed by atoms with Crippen LogP contribution in [0.1, 0.15) is 29.6 Å². The topological polar surface area (TPSA) is 37.8 Å². The van der Waals surface area contributed by atoms with Gasteiger partial charge < -0.3 is 5.32 Å². The van der Waals surface area contributed by atoms with E-state index in [1.807, 2.05) is 19.9 Å². The summed E-state index contributed by atoms with van der Waals surface area (Å²) in [6.07, 6.45) is 1.17. The highest BCUT2D eigenvalue weighted by Crippen LogP contribution is 2.18. The van der Waals surface area contributed by atoms with E-state index in [2.05, 4.69) is 15.3 Å². The van der Waals surface area contributed by atoms with Crippen LogP contribution < -0.4 is 5.32 Å². The normalized spacial score (nSPS) is 22.2. The maximum atomic E-state index is 4.46. The third-order valence-corrected chi connectivity index (χ3v) is 2.43. The highest BCUT2D eigenvalue weighted by molar-refractivity contribution is 5.12. The molecule has 1 saturated heterocycles. The van der Waals surface area contributed by atoms with E-state index in [1.54, 1.807) is 0 Å². The standard InChI is InChI=1S/C10H15N3/c1-7-5-8(2)13-10(12-7)9-3-4-11-6-9/h5,9,11H,3-4,6H2,1-2H3/t9-/m1/s1. The van der Waals surface area contributed by atoms with Crippen LogP contribution in [-0.4, -0.2) is 23.1 Å². The van der Waals surface area contributed by atoms with Crippen molar-refractivity contribution in [2.24, 2.45) is 0 Å². The predicted octanol–water partition coefficient (Wildman–Crippen LogP) is 1.17. The van der Waals surface area contributed by atoms with Gasteiger partial charge in [0.15, 0.2) is 0 Å². The Kier molecular flexibility index (Phi) is 2.27. The molecule has 70 valence electrons. The third kappa shape index (κ3) is 1.86. The molecule has 0 aliphatic carbocycles. The van der Waals surface area contributed by atoms with E-state index < -0.39 is 0 Å². The van der Waals surface area contributed by atoms with Gasteiger partial charge in [-0.1, -0.05) is 0 Å². The van der Waals surface area contributed by atoms with Crippen LogP contribution >= 0.6 is 0 Å². The quantitative estimate of drug-likeness (QED) is 0.699. The molecule has 1 fully saturated rings. The zero-order valence-corrected chi connectivity index (χ0v) is 8.17. The second-order valence-corrected chi connectivity index (χ2v) is 3.70. The van der Waals surface area contributed by atoms with Crippen LogP contribution in [0.15, 0.2) is 6.07 Å². The lowest BCUT2D eigenvalue weighted by Crippen LogP contribution is -2.11. The first-order valence-electron chi connectivity index (χ1n) is 4.78. The first kappa shape index (κ1) is 8.63. The molecule has 1 aliphatic heterocycles.